The molecule has 6 nitrogen and oxygen atoms in total. The molecule has 2 heterocycles. The largest absolute Gasteiger partial charge is 0.619 e. The van der Waals surface area contributed by atoms with E-state index in [4.69, 9.17) is 0 Å². The van der Waals surface area contributed by atoms with E-state index in [-0.39, 0.29) is 5.91 Å². The number of anilines is 1. The van der Waals surface area contributed by atoms with E-state index in [0.717, 1.165) is 10.6 Å². The monoisotopic (exact) mass is 298 g/mol. The number of nitrogens with one attached hydrogen (secondary N) is 1. The molecule has 1 N–H and O–H groups in total. The number of carbonyl (C=O) groups is 1. The molecule has 0 atom stereocenters. The highest BCUT2D eigenvalue weighted by molar-refractivity contribution is 7.18. The van der Waals surface area contributed by atoms with Crippen LogP contribution in [0.15, 0.2) is 54.9 Å². The van der Waals surface area contributed by atoms with Gasteiger partial charge in [-0.3, -0.25) is 10.1 Å². The van der Waals surface area contributed by atoms with Crippen LogP contribution in [0.5, 0.6) is 0 Å². The van der Waals surface area contributed by atoms with Gasteiger partial charge >= 0.3 is 0 Å². The zero-order chi connectivity index (χ0) is 14.7. The minimum atomic E-state index is -0.327. The molecule has 1 amide bonds. The second-order valence-corrected chi connectivity index (χ2v) is 5.16. The lowest BCUT2D eigenvalue weighted by molar-refractivity contribution is -0.605. The highest BCUT2D eigenvalue weighted by Crippen LogP contribution is 2.26. The number of aromatic nitrogens is 3. The third-order valence-electron chi connectivity index (χ3n) is 2.73. The summed E-state index contributed by atoms with van der Waals surface area (Å²) in [5.41, 5.74) is 1.33. The van der Waals surface area contributed by atoms with Gasteiger partial charge in [-0.25, -0.2) is 0 Å². The molecule has 2 aromatic heterocycles. The van der Waals surface area contributed by atoms with E-state index >= 15 is 0 Å². The molecule has 21 heavy (non-hydrogen) atoms. The van der Waals surface area contributed by atoms with Crippen LogP contribution in [0.1, 0.15) is 10.4 Å². The fourth-order valence-corrected chi connectivity index (χ4v) is 2.45. The van der Waals surface area contributed by atoms with Crippen LogP contribution in [0.3, 0.4) is 0 Å². The summed E-state index contributed by atoms with van der Waals surface area (Å²) in [7, 11) is 0. The van der Waals surface area contributed by atoms with E-state index in [0.29, 0.717) is 15.4 Å². The van der Waals surface area contributed by atoms with Crippen LogP contribution in [-0.4, -0.2) is 16.1 Å². The minimum Gasteiger partial charge on any atom is -0.619 e. The maximum Gasteiger partial charge on any atom is 0.257 e. The predicted molar refractivity (Wildman–Crippen MR) is 78.7 cm³/mol. The van der Waals surface area contributed by atoms with Crippen molar-refractivity contribution in [3.05, 3.63) is 65.6 Å². The van der Waals surface area contributed by atoms with Crippen molar-refractivity contribution >= 4 is 22.4 Å². The van der Waals surface area contributed by atoms with Crippen molar-refractivity contribution in [3.8, 4) is 10.6 Å². The molecule has 0 spiro atoms. The van der Waals surface area contributed by atoms with Gasteiger partial charge in [-0.05, 0) is 0 Å². The Balaban J connectivity index is 1.75. The molecule has 0 aliphatic heterocycles. The summed E-state index contributed by atoms with van der Waals surface area (Å²) in [5, 5.41) is 22.7. The first kappa shape index (κ1) is 13.2. The molecule has 0 radical (unpaired) electrons. The van der Waals surface area contributed by atoms with Gasteiger partial charge in [0.2, 0.25) is 5.13 Å². The summed E-state index contributed by atoms with van der Waals surface area (Å²) in [6, 6.07) is 12.5. The Hall–Kier alpha value is -2.80. The Labute approximate surface area is 124 Å². The standard InChI is InChI=1S/C14H10N4O2S/c19-12(10-6-8-18(20)9-7-10)15-14-17-16-13(21-14)11-4-2-1-3-5-11/h1-9H,(H,15,17,19). The van der Waals surface area contributed by atoms with Crippen molar-refractivity contribution in [1.82, 2.24) is 10.2 Å². The fraction of sp³-hybridized carbons (Fsp3) is 0. The van der Waals surface area contributed by atoms with E-state index < -0.39 is 0 Å². The minimum absolute atomic E-state index is 0.327. The van der Waals surface area contributed by atoms with Crippen LogP contribution < -0.4 is 10.0 Å². The first-order chi connectivity index (χ1) is 10.2. The number of hydrogen-bond acceptors (Lipinski definition) is 5. The van der Waals surface area contributed by atoms with Gasteiger partial charge in [0, 0.05) is 17.7 Å². The number of pyridine rings is 1. The molecular formula is C14H10N4O2S. The van der Waals surface area contributed by atoms with Crippen molar-refractivity contribution in [2.45, 2.75) is 0 Å². The van der Waals surface area contributed by atoms with Crippen molar-refractivity contribution in [3.63, 3.8) is 0 Å². The molecule has 0 fully saturated rings. The zero-order valence-corrected chi connectivity index (χ0v) is 11.6. The summed E-state index contributed by atoms with van der Waals surface area (Å²) in [4.78, 5) is 12.0. The summed E-state index contributed by atoms with van der Waals surface area (Å²) in [5.74, 6) is -0.327. The van der Waals surface area contributed by atoms with Gasteiger partial charge in [-0.15, -0.1) is 10.2 Å². The molecule has 7 heteroatoms. The quantitative estimate of drug-likeness (QED) is 0.593. The van der Waals surface area contributed by atoms with Gasteiger partial charge in [-0.2, -0.15) is 4.73 Å². The Morgan fingerprint density at radius 2 is 1.81 bits per heavy atom. The number of carbonyl (C=O) groups excluding carboxylic acids is 1. The van der Waals surface area contributed by atoms with E-state index in [1.165, 1.54) is 35.9 Å². The number of amides is 1. The van der Waals surface area contributed by atoms with Crippen LogP contribution in [-0.2, 0) is 0 Å². The Morgan fingerprint density at radius 1 is 1.10 bits per heavy atom. The normalized spacial score (nSPS) is 10.3. The van der Waals surface area contributed by atoms with Crippen molar-refractivity contribution in [1.29, 1.82) is 0 Å². The van der Waals surface area contributed by atoms with Gasteiger partial charge in [0.25, 0.3) is 5.91 Å². The topological polar surface area (TPSA) is 81.8 Å². The molecule has 0 saturated carbocycles. The zero-order valence-electron chi connectivity index (χ0n) is 10.8. The summed E-state index contributed by atoms with van der Waals surface area (Å²) >= 11 is 1.29. The molecule has 3 rings (SSSR count). The number of benzene rings is 1. The van der Waals surface area contributed by atoms with Crippen LogP contribution in [0.2, 0.25) is 0 Å². The van der Waals surface area contributed by atoms with Crippen molar-refractivity contribution in [2.75, 3.05) is 5.32 Å². The lowest BCUT2D eigenvalue weighted by Crippen LogP contribution is -2.25. The fourth-order valence-electron chi connectivity index (χ4n) is 1.70. The van der Waals surface area contributed by atoms with Crippen molar-refractivity contribution < 1.29 is 9.52 Å². The van der Waals surface area contributed by atoms with Gasteiger partial charge in [0.05, 0.1) is 5.56 Å². The molecule has 0 bridgehead atoms. The third kappa shape index (κ3) is 3.03. The van der Waals surface area contributed by atoms with Gasteiger partial charge in [-0.1, -0.05) is 41.7 Å². The van der Waals surface area contributed by atoms with Gasteiger partial charge in [0.15, 0.2) is 12.4 Å². The van der Waals surface area contributed by atoms with E-state index in [2.05, 4.69) is 15.5 Å². The Kier molecular flexibility index (Phi) is 3.57. The summed E-state index contributed by atoms with van der Waals surface area (Å²) in [6.07, 6.45) is 2.54. The Bertz CT molecular complexity index is 756. The third-order valence-corrected chi connectivity index (χ3v) is 3.62. The van der Waals surface area contributed by atoms with Crippen LogP contribution >= 0.6 is 11.3 Å². The lowest BCUT2D eigenvalue weighted by Gasteiger charge is -2.00. The van der Waals surface area contributed by atoms with Crippen LogP contribution in [0.25, 0.3) is 10.6 Å². The molecule has 0 unspecified atom stereocenters. The number of nitrogens with zero attached hydrogens (tertiary/aromatic N) is 3. The second kappa shape index (κ2) is 5.68. The number of rotatable bonds is 3. The highest BCUT2D eigenvalue weighted by Gasteiger charge is 2.11. The van der Waals surface area contributed by atoms with Crippen LogP contribution in [0.4, 0.5) is 5.13 Å². The average molecular weight is 298 g/mol. The molecule has 104 valence electrons. The SMILES string of the molecule is O=C(Nc1nnc(-c2ccccc2)s1)c1cc[n+]([O-])cc1. The molecule has 0 aliphatic rings. The molecule has 0 saturated heterocycles. The molecule has 3 aromatic rings. The Morgan fingerprint density at radius 3 is 2.52 bits per heavy atom. The van der Waals surface area contributed by atoms with E-state index in [1.54, 1.807) is 0 Å². The van der Waals surface area contributed by atoms with E-state index in [9.17, 15) is 10.0 Å². The first-order valence-corrected chi connectivity index (χ1v) is 6.93. The maximum atomic E-state index is 12.0. The smallest absolute Gasteiger partial charge is 0.257 e. The van der Waals surface area contributed by atoms with E-state index in [1.807, 2.05) is 30.3 Å². The molecular weight excluding hydrogens is 288 g/mol. The lowest BCUT2D eigenvalue weighted by atomic mass is 10.2. The van der Waals surface area contributed by atoms with Gasteiger partial charge < -0.3 is 5.21 Å². The summed E-state index contributed by atoms with van der Waals surface area (Å²) < 4.78 is 0.620. The maximum absolute atomic E-state index is 12.0. The van der Waals surface area contributed by atoms with Gasteiger partial charge in [0.1, 0.15) is 5.01 Å². The second-order valence-electron chi connectivity index (χ2n) is 4.18. The van der Waals surface area contributed by atoms with Crippen LogP contribution in [0, 0.1) is 5.21 Å². The predicted octanol–water partition coefficient (Wildman–Crippen LogP) is 2.09. The highest BCUT2D eigenvalue weighted by atomic mass is 32.1. The number of hydrogen-bond donors (Lipinski definition) is 1. The first-order valence-electron chi connectivity index (χ1n) is 6.11. The molecule has 0 aliphatic carbocycles. The molecule has 1 aromatic carbocycles. The van der Waals surface area contributed by atoms with Crippen molar-refractivity contribution in [2.24, 2.45) is 0 Å². The average Bonchev–Trinajstić information content (AvgIpc) is 2.97. The summed E-state index contributed by atoms with van der Waals surface area (Å²) in [6.45, 7) is 0.